The Kier molecular flexibility index (Phi) is 11.1. The van der Waals surface area contributed by atoms with E-state index in [1.54, 1.807) is 6.92 Å². The second-order valence-electron chi connectivity index (χ2n) is 14.8. The molecule has 2 aromatic rings. The number of aromatic nitrogens is 1. The number of benzene rings is 1. The highest BCUT2D eigenvalue weighted by Crippen LogP contribution is 2.46. The number of hydrogen-bond donors (Lipinski definition) is 3. The number of hydrogen-bond acceptors (Lipinski definition) is 4. The zero-order valence-electron chi connectivity index (χ0n) is 26.7. The van der Waals surface area contributed by atoms with Crippen LogP contribution in [-0.4, -0.2) is 33.9 Å². The lowest BCUT2D eigenvalue weighted by atomic mass is 9.63. The van der Waals surface area contributed by atoms with E-state index in [0.717, 1.165) is 43.7 Å². The van der Waals surface area contributed by atoms with Crippen molar-refractivity contribution in [2.45, 2.75) is 141 Å². The molecule has 4 N–H and O–H groups in total. The number of fused-ring (bicyclic) bond motifs is 1. The van der Waals surface area contributed by atoms with Crippen molar-refractivity contribution < 1.29 is 10.2 Å². The van der Waals surface area contributed by atoms with Crippen LogP contribution in [0.1, 0.15) is 128 Å². The number of aliphatic hydroxyl groups is 2. The van der Waals surface area contributed by atoms with E-state index in [2.05, 4.69) is 64.1 Å². The summed E-state index contributed by atoms with van der Waals surface area (Å²) in [5, 5.41) is 19.2. The van der Waals surface area contributed by atoms with Gasteiger partial charge in [-0.25, -0.2) is 0 Å². The van der Waals surface area contributed by atoms with Gasteiger partial charge in [0.25, 0.3) is 0 Å². The molecule has 0 spiro atoms. The van der Waals surface area contributed by atoms with Crippen molar-refractivity contribution in [3.05, 3.63) is 53.2 Å². The Labute approximate surface area is 250 Å². The Morgan fingerprint density at radius 2 is 1.66 bits per heavy atom. The minimum absolute atomic E-state index is 0.139. The third kappa shape index (κ3) is 8.42. The maximum Gasteiger partial charge on any atom is 0.0705 e. The molecule has 1 fully saturated rings. The second-order valence-corrected chi connectivity index (χ2v) is 14.8. The van der Waals surface area contributed by atoms with Gasteiger partial charge in [-0.1, -0.05) is 78.0 Å². The van der Waals surface area contributed by atoms with E-state index in [9.17, 15) is 10.2 Å². The van der Waals surface area contributed by atoms with Crippen molar-refractivity contribution in [3.8, 4) is 11.3 Å². The van der Waals surface area contributed by atoms with E-state index in [4.69, 9.17) is 10.7 Å². The van der Waals surface area contributed by atoms with Crippen LogP contribution in [0.15, 0.2) is 36.4 Å². The van der Waals surface area contributed by atoms with Gasteiger partial charge in [-0.2, -0.15) is 0 Å². The van der Waals surface area contributed by atoms with Gasteiger partial charge >= 0.3 is 0 Å². The van der Waals surface area contributed by atoms with Crippen molar-refractivity contribution >= 4 is 0 Å². The normalized spacial score (nSPS) is 24.2. The molecule has 1 aromatic carbocycles. The Bertz CT molecular complexity index is 1110. The molecule has 4 rings (SSSR count). The molecule has 0 saturated heterocycles. The molecule has 5 unspecified atom stereocenters. The fraction of sp³-hybridized carbons (Fsp3) is 0.703. The first-order valence-corrected chi connectivity index (χ1v) is 16.7. The summed E-state index contributed by atoms with van der Waals surface area (Å²) in [4.78, 5) is 5.21. The first-order valence-electron chi connectivity index (χ1n) is 16.7. The number of rotatable bonds is 12. The molecular weight excluding hydrogens is 504 g/mol. The monoisotopic (exact) mass is 562 g/mol. The largest absolute Gasteiger partial charge is 0.396 e. The van der Waals surface area contributed by atoms with Crippen LogP contribution in [0.4, 0.5) is 0 Å². The standard InChI is InChI=1S/C37H58N2O2/c1-26(41)34(38)20-18-28(11-6-7-23-40)29-12-8-10-27(15-16-29)24-31-13-9-14-35(39-31)30-17-19-32-33(25-30)37(4,5)22-21-36(32,2)3/h9,13-14,17,19,25-29,34,40-41H,6-8,10-12,15-16,18,20-24,38H2,1-5H3. The molecule has 1 aromatic heterocycles. The number of unbranched alkanes of at least 4 members (excludes halogenated alkanes) is 1. The van der Waals surface area contributed by atoms with Crippen LogP contribution in [0.3, 0.4) is 0 Å². The first-order chi connectivity index (χ1) is 19.5. The SMILES string of the molecule is CC(O)C(N)CCC(CCCCO)C1CCCC(Cc2cccc(-c3ccc4c(c3)C(C)(C)CCC4(C)C)n2)CC1. The van der Waals surface area contributed by atoms with E-state index < -0.39 is 6.10 Å². The summed E-state index contributed by atoms with van der Waals surface area (Å²) in [5.41, 5.74) is 13.2. The lowest BCUT2D eigenvalue weighted by Gasteiger charge is -2.42. The third-order valence-electron chi connectivity index (χ3n) is 10.7. The first kappa shape index (κ1) is 32.2. The molecular formula is C37H58N2O2. The zero-order chi connectivity index (χ0) is 29.6. The molecule has 5 atom stereocenters. The maximum atomic E-state index is 9.90. The van der Waals surface area contributed by atoms with Crippen LogP contribution >= 0.6 is 0 Å². The predicted octanol–water partition coefficient (Wildman–Crippen LogP) is 8.10. The molecule has 1 saturated carbocycles. The van der Waals surface area contributed by atoms with Gasteiger partial charge < -0.3 is 15.9 Å². The highest BCUT2D eigenvalue weighted by Gasteiger charge is 2.37. The molecule has 0 aliphatic heterocycles. The van der Waals surface area contributed by atoms with E-state index in [1.165, 1.54) is 73.8 Å². The van der Waals surface area contributed by atoms with Gasteiger partial charge in [0.05, 0.1) is 11.8 Å². The minimum atomic E-state index is -0.450. The van der Waals surface area contributed by atoms with Crippen molar-refractivity contribution in [1.29, 1.82) is 0 Å². The van der Waals surface area contributed by atoms with Gasteiger partial charge in [-0.3, -0.25) is 4.98 Å². The Morgan fingerprint density at radius 1 is 0.902 bits per heavy atom. The van der Waals surface area contributed by atoms with E-state index in [0.29, 0.717) is 11.8 Å². The van der Waals surface area contributed by atoms with E-state index in [-0.39, 0.29) is 23.5 Å². The molecule has 4 nitrogen and oxygen atoms in total. The van der Waals surface area contributed by atoms with Crippen molar-refractivity contribution in [1.82, 2.24) is 4.98 Å². The number of pyridine rings is 1. The highest BCUT2D eigenvalue weighted by molar-refractivity contribution is 5.63. The van der Waals surface area contributed by atoms with Crippen LogP contribution in [-0.2, 0) is 17.3 Å². The molecule has 41 heavy (non-hydrogen) atoms. The minimum Gasteiger partial charge on any atom is -0.396 e. The van der Waals surface area contributed by atoms with Crippen LogP contribution in [0.2, 0.25) is 0 Å². The summed E-state index contributed by atoms with van der Waals surface area (Å²) < 4.78 is 0. The van der Waals surface area contributed by atoms with Crippen LogP contribution in [0.5, 0.6) is 0 Å². The lowest BCUT2D eigenvalue weighted by Crippen LogP contribution is -2.33. The highest BCUT2D eigenvalue weighted by atomic mass is 16.3. The van der Waals surface area contributed by atoms with Crippen LogP contribution in [0.25, 0.3) is 11.3 Å². The van der Waals surface area contributed by atoms with Gasteiger partial charge in [-0.05, 0) is 116 Å². The Balaban J connectivity index is 1.42. The van der Waals surface area contributed by atoms with E-state index in [1.807, 2.05) is 0 Å². The van der Waals surface area contributed by atoms with Gasteiger partial charge in [-0.15, -0.1) is 0 Å². The predicted molar refractivity (Wildman–Crippen MR) is 172 cm³/mol. The molecule has 2 aliphatic carbocycles. The fourth-order valence-corrected chi connectivity index (χ4v) is 7.66. The van der Waals surface area contributed by atoms with Crippen LogP contribution < -0.4 is 5.73 Å². The number of nitrogens with two attached hydrogens (primary N) is 1. The Morgan fingerprint density at radius 3 is 2.39 bits per heavy atom. The molecule has 1 heterocycles. The Hall–Kier alpha value is -1.75. The van der Waals surface area contributed by atoms with Gasteiger partial charge in [0, 0.05) is 23.9 Å². The molecule has 0 amide bonds. The molecule has 4 heteroatoms. The van der Waals surface area contributed by atoms with Crippen molar-refractivity contribution in [2.24, 2.45) is 23.5 Å². The zero-order valence-corrected chi connectivity index (χ0v) is 26.7. The fourth-order valence-electron chi connectivity index (χ4n) is 7.66. The van der Waals surface area contributed by atoms with Gasteiger partial charge in [0.15, 0.2) is 0 Å². The number of nitrogens with zero attached hydrogens (tertiary/aromatic N) is 1. The summed E-state index contributed by atoms with van der Waals surface area (Å²) in [5.74, 6) is 2.05. The molecule has 0 radical (unpaired) electrons. The van der Waals surface area contributed by atoms with Gasteiger partial charge in [0.1, 0.15) is 0 Å². The third-order valence-corrected chi connectivity index (χ3v) is 10.7. The molecule has 0 bridgehead atoms. The maximum absolute atomic E-state index is 9.90. The van der Waals surface area contributed by atoms with Crippen LogP contribution in [0, 0.1) is 17.8 Å². The second kappa shape index (κ2) is 14.1. The summed E-state index contributed by atoms with van der Waals surface area (Å²) in [6.07, 6.45) is 14.6. The summed E-state index contributed by atoms with van der Waals surface area (Å²) in [7, 11) is 0. The summed E-state index contributed by atoms with van der Waals surface area (Å²) in [6.45, 7) is 11.6. The average molecular weight is 563 g/mol. The summed E-state index contributed by atoms with van der Waals surface area (Å²) in [6, 6.07) is 13.6. The van der Waals surface area contributed by atoms with Crippen molar-refractivity contribution in [3.63, 3.8) is 0 Å². The van der Waals surface area contributed by atoms with Crippen molar-refractivity contribution in [2.75, 3.05) is 6.61 Å². The number of aliphatic hydroxyl groups excluding tert-OH is 2. The molecule has 228 valence electrons. The topological polar surface area (TPSA) is 79.4 Å². The average Bonchev–Trinajstić information content (AvgIpc) is 3.18. The summed E-state index contributed by atoms with van der Waals surface area (Å²) >= 11 is 0. The molecule has 2 aliphatic rings. The lowest BCUT2D eigenvalue weighted by molar-refractivity contribution is 0.148. The van der Waals surface area contributed by atoms with E-state index >= 15 is 0 Å². The smallest absolute Gasteiger partial charge is 0.0705 e. The van der Waals surface area contributed by atoms with Gasteiger partial charge in [0.2, 0.25) is 0 Å². The quantitative estimate of drug-likeness (QED) is 0.180.